The molecule has 6 heteroatoms. The number of carboxylic acid groups (broad SMARTS) is 1. The first kappa shape index (κ1) is 14.9. The average molecular weight is 269 g/mol. The van der Waals surface area contributed by atoms with E-state index in [-0.39, 0.29) is 23.8 Å². The quantitative estimate of drug-likeness (QED) is 0.823. The fourth-order valence-corrected chi connectivity index (χ4v) is 1.26. The molecular weight excluding hydrogens is 253 g/mol. The number of ether oxygens (including phenoxy) is 1. The van der Waals surface area contributed by atoms with E-state index in [1.807, 2.05) is 13.8 Å². The lowest BCUT2D eigenvalue weighted by molar-refractivity contribution is -0.123. The molecule has 0 saturated heterocycles. The number of hydrogen-bond acceptors (Lipinski definition) is 3. The number of amides is 1. The van der Waals surface area contributed by atoms with E-state index in [1.54, 1.807) is 0 Å². The van der Waals surface area contributed by atoms with Gasteiger partial charge in [-0.3, -0.25) is 4.79 Å². The van der Waals surface area contributed by atoms with Gasteiger partial charge in [0, 0.05) is 6.54 Å². The van der Waals surface area contributed by atoms with Crippen molar-refractivity contribution in [2.24, 2.45) is 5.92 Å². The SMILES string of the molecule is CC(C)CNC(=O)COc1ccc(C(=O)O)cc1F. The van der Waals surface area contributed by atoms with Crippen molar-refractivity contribution >= 4 is 11.9 Å². The normalized spacial score (nSPS) is 10.3. The number of benzene rings is 1. The van der Waals surface area contributed by atoms with Crippen LogP contribution in [0.25, 0.3) is 0 Å². The van der Waals surface area contributed by atoms with Crippen molar-refractivity contribution in [3.05, 3.63) is 29.6 Å². The third-order valence-corrected chi connectivity index (χ3v) is 2.25. The molecule has 0 unspecified atom stereocenters. The maximum absolute atomic E-state index is 13.5. The highest BCUT2D eigenvalue weighted by molar-refractivity contribution is 5.87. The Morgan fingerprint density at radius 3 is 2.63 bits per heavy atom. The predicted molar refractivity (Wildman–Crippen MR) is 66.7 cm³/mol. The van der Waals surface area contributed by atoms with E-state index < -0.39 is 11.8 Å². The molecule has 0 fully saturated rings. The molecule has 19 heavy (non-hydrogen) atoms. The fourth-order valence-electron chi connectivity index (χ4n) is 1.26. The Morgan fingerprint density at radius 1 is 1.42 bits per heavy atom. The summed E-state index contributed by atoms with van der Waals surface area (Å²) in [5, 5.41) is 11.3. The van der Waals surface area contributed by atoms with Gasteiger partial charge in [0.15, 0.2) is 18.2 Å². The Balaban J connectivity index is 2.54. The zero-order valence-electron chi connectivity index (χ0n) is 10.8. The predicted octanol–water partition coefficient (Wildman–Crippen LogP) is 1.67. The summed E-state index contributed by atoms with van der Waals surface area (Å²) < 4.78 is 18.4. The van der Waals surface area contributed by atoms with Crippen LogP contribution in [0.5, 0.6) is 5.75 Å². The second-order valence-electron chi connectivity index (χ2n) is 4.44. The minimum Gasteiger partial charge on any atom is -0.481 e. The molecule has 104 valence electrons. The molecule has 0 aliphatic heterocycles. The monoisotopic (exact) mass is 269 g/mol. The molecule has 5 nitrogen and oxygen atoms in total. The Morgan fingerprint density at radius 2 is 2.11 bits per heavy atom. The molecule has 1 aromatic rings. The van der Waals surface area contributed by atoms with Gasteiger partial charge in [-0.15, -0.1) is 0 Å². The van der Waals surface area contributed by atoms with Gasteiger partial charge in [-0.05, 0) is 24.1 Å². The van der Waals surface area contributed by atoms with Crippen molar-refractivity contribution in [1.29, 1.82) is 0 Å². The molecule has 0 atom stereocenters. The van der Waals surface area contributed by atoms with Gasteiger partial charge in [0.25, 0.3) is 5.91 Å². The molecule has 2 N–H and O–H groups in total. The van der Waals surface area contributed by atoms with Crippen LogP contribution in [0.1, 0.15) is 24.2 Å². The number of rotatable bonds is 6. The summed E-state index contributed by atoms with van der Waals surface area (Å²) >= 11 is 0. The van der Waals surface area contributed by atoms with E-state index in [2.05, 4.69) is 5.32 Å². The molecule has 1 amide bonds. The molecule has 1 rings (SSSR count). The molecule has 0 radical (unpaired) electrons. The Bertz CT molecular complexity index is 474. The van der Waals surface area contributed by atoms with Gasteiger partial charge in [-0.2, -0.15) is 0 Å². The number of halogens is 1. The third kappa shape index (κ3) is 4.95. The Hall–Kier alpha value is -2.11. The number of aromatic carboxylic acids is 1. The van der Waals surface area contributed by atoms with Gasteiger partial charge in [0.1, 0.15) is 0 Å². The highest BCUT2D eigenvalue weighted by atomic mass is 19.1. The lowest BCUT2D eigenvalue weighted by atomic mass is 10.2. The largest absolute Gasteiger partial charge is 0.481 e. The van der Waals surface area contributed by atoms with Crippen molar-refractivity contribution < 1.29 is 23.8 Å². The zero-order valence-corrected chi connectivity index (χ0v) is 10.8. The molecular formula is C13H16FNO4. The highest BCUT2D eigenvalue weighted by Crippen LogP contribution is 2.18. The van der Waals surface area contributed by atoms with Gasteiger partial charge in [-0.25, -0.2) is 9.18 Å². The number of nitrogens with one attached hydrogen (secondary N) is 1. The van der Waals surface area contributed by atoms with Crippen molar-refractivity contribution in [1.82, 2.24) is 5.32 Å². The van der Waals surface area contributed by atoms with Gasteiger partial charge < -0.3 is 15.2 Å². The lowest BCUT2D eigenvalue weighted by Crippen LogP contribution is -2.31. The maximum atomic E-state index is 13.5. The molecule has 0 aliphatic carbocycles. The van der Waals surface area contributed by atoms with Crippen molar-refractivity contribution in [2.75, 3.05) is 13.2 Å². The second-order valence-corrected chi connectivity index (χ2v) is 4.44. The van der Waals surface area contributed by atoms with Gasteiger partial charge in [0.2, 0.25) is 0 Å². The smallest absolute Gasteiger partial charge is 0.335 e. The van der Waals surface area contributed by atoms with E-state index in [9.17, 15) is 14.0 Å². The molecule has 0 aliphatic rings. The Labute approximate surface area is 110 Å². The third-order valence-electron chi connectivity index (χ3n) is 2.25. The van der Waals surface area contributed by atoms with Crippen LogP contribution in [-0.4, -0.2) is 30.1 Å². The summed E-state index contributed by atoms with van der Waals surface area (Å²) in [6, 6.07) is 3.25. The molecule has 0 bridgehead atoms. The number of carbonyl (C=O) groups is 2. The van der Waals surface area contributed by atoms with Crippen LogP contribution in [0.3, 0.4) is 0 Å². The van der Waals surface area contributed by atoms with Crippen LogP contribution >= 0.6 is 0 Å². The Kier molecular flexibility index (Phi) is 5.29. The number of carboxylic acids is 1. The fraction of sp³-hybridized carbons (Fsp3) is 0.385. The van der Waals surface area contributed by atoms with Crippen molar-refractivity contribution in [3.8, 4) is 5.75 Å². The average Bonchev–Trinajstić information content (AvgIpc) is 2.34. The highest BCUT2D eigenvalue weighted by Gasteiger charge is 2.10. The molecule has 0 heterocycles. The van der Waals surface area contributed by atoms with Gasteiger partial charge in [0.05, 0.1) is 5.56 Å². The van der Waals surface area contributed by atoms with Crippen LogP contribution in [0, 0.1) is 11.7 Å². The summed E-state index contributed by atoms with van der Waals surface area (Å²) in [7, 11) is 0. The van der Waals surface area contributed by atoms with Crippen LogP contribution in [0.15, 0.2) is 18.2 Å². The van der Waals surface area contributed by atoms with Gasteiger partial charge in [-0.1, -0.05) is 13.8 Å². The number of hydrogen-bond donors (Lipinski definition) is 2. The molecule has 1 aromatic carbocycles. The van der Waals surface area contributed by atoms with Crippen LogP contribution in [0.2, 0.25) is 0 Å². The molecule has 0 aromatic heterocycles. The van der Waals surface area contributed by atoms with E-state index in [4.69, 9.17) is 9.84 Å². The summed E-state index contributed by atoms with van der Waals surface area (Å²) in [6.45, 7) is 4.11. The van der Waals surface area contributed by atoms with Crippen molar-refractivity contribution in [2.45, 2.75) is 13.8 Å². The maximum Gasteiger partial charge on any atom is 0.335 e. The van der Waals surface area contributed by atoms with Crippen LogP contribution in [-0.2, 0) is 4.79 Å². The summed E-state index contributed by atoms with van der Waals surface area (Å²) in [6.07, 6.45) is 0. The van der Waals surface area contributed by atoms with Crippen LogP contribution < -0.4 is 10.1 Å². The summed E-state index contributed by atoms with van der Waals surface area (Å²) in [5.41, 5.74) is -0.172. The molecule has 0 saturated carbocycles. The summed E-state index contributed by atoms with van der Waals surface area (Å²) in [5.74, 6) is -2.22. The molecule has 0 spiro atoms. The second kappa shape index (κ2) is 6.72. The van der Waals surface area contributed by atoms with Gasteiger partial charge >= 0.3 is 5.97 Å². The first-order valence-corrected chi connectivity index (χ1v) is 5.82. The first-order chi connectivity index (χ1) is 8.90. The van der Waals surface area contributed by atoms with E-state index in [0.29, 0.717) is 12.5 Å². The minimum absolute atomic E-state index is 0.148. The first-order valence-electron chi connectivity index (χ1n) is 5.82. The van der Waals surface area contributed by atoms with Crippen LogP contribution in [0.4, 0.5) is 4.39 Å². The minimum atomic E-state index is -1.22. The van der Waals surface area contributed by atoms with E-state index >= 15 is 0 Å². The summed E-state index contributed by atoms with van der Waals surface area (Å²) in [4.78, 5) is 22.0. The standard InChI is InChI=1S/C13H16FNO4/c1-8(2)6-15-12(16)7-19-11-4-3-9(13(17)18)5-10(11)14/h3-5,8H,6-7H2,1-2H3,(H,15,16)(H,17,18). The topological polar surface area (TPSA) is 75.6 Å². The van der Waals surface area contributed by atoms with E-state index in [0.717, 1.165) is 6.07 Å². The lowest BCUT2D eigenvalue weighted by Gasteiger charge is -2.09. The van der Waals surface area contributed by atoms with E-state index in [1.165, 1.54) is 12.1 Å². The zero-order chi connectivity index (χ0) is 14.4. The number of carbonyl (C=O) groups excluding carboxylic acids is 1. The van der Waals surface area contributed by atoms with Crippen molar-refractivity contribution in [3.63, 3.8) is 0 Å².